The van der Waals surface area contributed by atoms with Crippen molar-refractivity contribution in [2.75, 3.05) is 0 Å². The summed E-state index contributed by atoms with van der Waals surface area (Å²) in [6.07, 6.45) is 8.84. The summed E-state index contributed by atoms with van der Waals surface area (Å²) in [6, 6.07) is 4.70. The van der Waals surface area contributed by atoms with E-state index in [1.165, 1.54) is 37.1 Å². The van der Waals surface area contributed by atoms with Gasteiger partial charge in [0.1, 0.15) is 5.75 Å². The maximum atomic E-state index is 12.8. The zero-order valence-corrected chi connectivity index (χ0v) is 22.8. The van der Waals surface area contributed by atoms with Crippen molar-refractivity contribution in [3.8, 4) is 5.75 Å². The minimum absolute atomic E-state index is 0.0446. The number of carboxylic acids is 1. The fourth-order valence-electron chi connectivity index (χ4n) is 9.53. The maximum Gasteiger partial charge on any atom is 0.330 e. The highest BCUT2D eigenvalue weighted by atomic mass is 16.4. The Balaban J connectivity index is 1.21. The molecule has 9 unspecified atom stereocenters. The van der Waals surface area contributed by atoms with Crippen LogP contribution >= 0.6 is 0 Å². The van der Waals surface area contributed by atoms with E-state index in [9.17, 15) is 30.0 Å². The quantitative estimate of drug-likeness (QED) is 0.351. The number of hydrogen-bond donors (Lipinski definition) is 5. The summed E-state index contributed by atoms with van der Waals surface area (Å²) in [5.74, 6) is 2.21. The lowest BCUT2D eigenvalue weighted by molar-refractivity contribution is -0.147. The summed E-state index contributed by atoms with van der Waals surface area (Å²) in [5, 5.41) is 43.6. The van der Waals surface area contributed by atoms with Gasteiger partial charge in [-0.25, -0.2) is 4.79 Å². The second-order valence-corrected chi connectivity index (χ2v) is 13.1. The van der Waals surface area contributed by atoms with Crippen LogP contribution in [0.4, 0.5) is 0 Å². The number of amides is 1. The number of benzene rings is 1. The van der Waals surface area contributed by atoms with Gasteiger partial charge in [-0.3, -0.25) is 4.79 Å². The third kappa shape index (κ3) is 4.97. The molecule has 0 radical (unpaired) electrons. The van der Waals surface area contributed by atoms with Crippen LogP contribution in [0.5, 0.6) is 5.75 Å². The van der Waals surface area contributed by atoms with Crippen LogP contribution in [0.2, 0.25) is 0 Å². The van der Waals surface area contributed by atoms with Crippen molar-refractivity contribution in [1.29, 1.82) is 0 Å². The zero-order valence-electron chi connectivity index (χ0n) is 22.8. The lowest BCUT2D eigenvalue weighted by atomic mass is 9.48. The number of carbonyl (C=O) groups is 2. The summed E-state index contributed by atoms with van der Waals surface area (Å²) < 4.78 is 0. The van der Waals surface area contributed by atoms with Crippen molar-refractivity contribution in [3.63, 3.8) is 0 Å². The normalized spacial score (nSPS) is 39.8. The fraction of sp³-hybridized carbons (Fsp3) is 0.742. The predicted molar refractivity (Wildman–Crippen MR) is 143 cm³/mol. The van der Waals surface area contributed by atoms with Gasteiger partial charge in [-0.15, -0.1) is 0 Å². The van der Waals surface area contributed by atoms with Crippen LogP contribution in [-0.2, 0) is 9.59 Å². The second-order valence-electron chi connectivity index (χ2n) is 13.1. The monoisotopic (exact) mass is 527 g/mol. The molecular weight excluding hydrogens is 482 g/mol. The van der Waals surface area contributed by atoms with Crippen molar-refractivity contribution in [1.82, 2.24) is 5.32 Å². The molecule has 4 aliphatic rings. The van der Waals surface area contributed by atoms with Crippen LogP contribution in [0.3, 0.4) is 0 Å². The van der Waals surface area contributed by atoms with Crippen LogP contribution in [0.15, 0.2) is 24.3 Å². The highest BCUT2D eigenvalue weighted by Crippen LogP contribution is 2.65. The van der Waals surface area contributed by atoms with Gasteiger partial charge in [0, 0.05) is 6.42 Å². The molecule has 0 saturated heterocycles. The van der Waals surface area contributed by atoms with Gasteiger partial charge in [0.25, 0.3) is 0 Å². The summed E-state index contributed by atoms with van der Waals surface area (Å²) in [4.78, 5) is 24.6. The second kappa shape index (κ2) is 10.8. The van der Waals surface area contributed by atoms with E-state index in [-0.39, 0.29) is 41.6 Å². The van der Waals surface area contributed by atoms with E-state index in [4.69, 9.17) is 0 Å². The van der Waals surface area contributed by atoms with Crippen molar-refractivity contribution in [2.45, 2.75) is 96.3 Å². The number of aliphatic hydroxyl groups excluding tert-OH is 2. The number of fused-ring (bicyclic) bond motifs is 5. The molecule has 0 aliphatic heterocycles. The van der Waals surface area contributed by atoms with Crippen molar-refractivity contribution >= 4 is 11.9 Å². The molecule has 0 spiro atoms. The molecule has 5 rings (SSSR count). The number of phenols is 1. The Hall–Kier alpha value is -2.12. The Morgan fingerprint density at radius 1 is 0.974 bits per heavy atom. The average Bonchev–Trinajstić information content (AvgIpc) is 3.25. The molecule has 4 aliphatic carbocycles. The summed E-state index contributed by atoms with van der Waals surface area (Å²) >= 11 is 0. The third-order valence-corrected chi connectivity index (χ3v) is 11.4. The summed E-state index contributed by atoms with van der Waals surface area (Å²) in [7, 11) is 0. The Morgan fingerprint density at radius 2 is 1.68 bits per heavy atom. The molecule has 11 atom stereocenters. The molecule has 0 bridgehead atoms. The SMILES string of the molecule is CC(CCC(=O)NC(C(=O)O)c1ccc(O)cc1)C1CCC2C3CCC4C[C@H](O)CCC4C3C[C@H](O)C12C. The smallest absolute Gasteiger partial charge is 0.330 e. The van der Waals surface area contributed by atoms with E-state index in [1.54, 1.807) is 0 Å². The van der Waals surface area contributed by atoms with Gasteiger partial charge in [-0.05, 0) is 122 Å². The van der Waals surface area contributed by atoms with Gasteiger partial charge >= 0.3 is 5.97 Å². The number of phenolic OH excluding ortho intramolecular Hbond substituents is 1. The molecule has 0 aromatic heterocycles. The topological polar surface area (TPSA) is 127 Å². The third-order valence-electron chi connectivity index (χ3n) is 11.4. The number of aromatic hydroxyl groups is 1. The Bertz CT molecular complexity index is 1010. The molecule has 5 N–H and O–H groups in total. The highest BCUT2D eigenvalue weighted by Gasteiger charge is 2.61. The van der Waals surface area contributed by atoms with Crippen molar-refractivity contribution in [3.05, 3.63) is 29.8 Å². The molecule has 210 valence electrons. The minimum Gasteiger partial charge on any atom is -0.508 e. The van der Waals surface area contributed by atoms with Gasteiger partial charge in [0.2, 0.25) is 5.91 Å². The van der Waals surface area contributed by atoms with Crippen LogP contribution < -0.4 is 5.32 Å². The number of nitrogens with one attached hydrogen (secondary N) is 1. The molecule has 4 fully saturated rings. The molecule has 1 aromatic carbocycles. The first-order chi connectivity index (χ1) is 18.1. The van der Waals surface area contributed by atoms with E-state index < -0.39 is 12.0 Å². The molecule has 7 nitrogen and oxygen atoms in total. The van der Waals surface area contributed by atoms with Crippen molar-refractivity contribution < 1.29 is 30.0 Å². The highest BCUT2D eigenvalue weighted by molar-refractivity contribution is 5.84. The molecule has 1 amide bonds. The number of rotatable bonds is 7. The van der Waals surface area contributed by atoms with Gasteiger partial charge in [0.05, 0.1) is 12.2 Å². The standard InChI is InChI=1S/C31H45NO6/c1-17(3-14-28(36)32-29(30(37)38)18-4-7-20(33)8-5-18)25-12-13-26-23-10-6-19-15-21(34)9-11-22(19)24(23)16-27(35)31(25,26)2/h4-5,7-8,17,19,21-27,29,33-35H,3,6,9-16H2,1-2H3,(H,32,36)(H,37,38)/t17?,19?,21-,22?,23?,24?,25?,26?,27+,29?,31?/m1/s1. The molecule has 1 aromatic rings. The number of aliphatic carboxylic acids is 1. The first-order valence-corrected chi connectivity index (χ1v) is 14.8. The van der Waals surface area contributed by atoms with E-state index >= 15 is 0 Å². The van der Waals surface area contributed by atoms with Crippen LogP contribution in [0.25, 0.3) is 0 Å². The van der Waals surface area contributed by atoms with Crippen LogP contribution in [0.1, 0.15) is 89.7 Å². The lowest BCUT2D eigenvalue weighted by Gasteiger charge is -2.58. The molecule has 7 heteroatoms. The van der Waals surface area contributed by atoms with Gasteiger partial charge < -0.3 is 25.7 Å². The zero-order chi connectivity index (χ0) is 27.2. The number of aliphatic hydroxyl groups is 2. The number of hydrogen-bond acceptors (Lipinski definition) is 5. The van der Waals surface area contributed by atoms with Crippen LogP contribution in [-0.4, -0.2) is 44.5 Å². The fourth-order valence-corrected chi connectivity index (χ4v) is 9.53. The minimum atomic E-state index is -1.15. The van der Waals surface area contributed by atoms with Crippen LogP contribution in [0, 0.1) is 46.8 Å². The van der Waals surface area contributed by atoms with Gasteiger partial charge in [0.15, 0.2) is 6.04 Å². The lowest BCUT2D eigenvalue weighted by Crippen LogP contribution is -2.55. The van der Waals surface area contributed by atoms with Gasteiger partial charge in [-0.1, -0.05) is 26.0 Å². The van der Waals surface area contributed by atoms with E-state index in [2.05, 4.69) is 19.2 Å². The maximum absolute atomic E-state index is 12.8. The van der Waals surface area contributed by atoms with E-state index in [0.29, 0.717) is 47.5 Å². The molecular formula is C31H45NO6. The molecule has 38 heavy (non-hydrogen) atoms. The molecule has 0 heterocycles. The molecule has 4 saturated carbocycles. The predicted octanol–water partition coefficient (Wildman–Crippen LogP) is 4.65. The number of carbonyl (C=O) groups excluding carboxylic acids is 1. The first-order valence-electron chi connectivity index (χ1n) is 14.8. The Morgan fingerprint density at radius 3 is 2.39 bits per heavy atom. The first kappa shape index (κ1) is 27.4. The van der Waals surface area contributed by atoms with Crippen molar-refractivity contribution in [2.24, 2.45) is 46.8 Å². The summed E-state index contributed by atoms with van der Waals surface area (Å²) in [5.41, 5.74) is 0.276. The largest absolute Gasteiger partial charge is 0.508 e. The Labute approximate surface area is 226 Å². The number of carboxylic acid groups (broad SMARTS) is 1. The Kier molecular flexibility index (Phi) is 7.80. The summed E-state index contributed by atoms with van der Waals surface area (Å²) in [6.45, 7) is 4.49. The van der Waals surface area contributed by atoms with E-state index in [1.807, 2.05) is 0 Å². The van der Waals surface area contributed by atoms with Gasteiger partial charge in [-0.2, -0.15) is 0 Å². The van der Waals surface area contributed by atoms with E-state index in [0.717, 1.165) is 38.5 Å². The average molecular weight is 528 g/mol.